The van der Waals surface area contributed by atoms with Crippen LogP contribution in [0.1, 0.15) is 25.7 Å². The molecule has 2 fully saturated rings. The minimum atomic E-state index is -0.427. The summed E-state index contributed by atoms with van der Waals surface area (Å²) >= 11 is 12.8. The molecule has 5 nitrogen and oxygen atoms in total. The molecule has 2 bridgehead atoms. The molecule has 128 valence electrons. The zero-order chi connectivity index (χ0) is 17.1. The van der Waals surface area contributed by atoms with Crippen molar-refractivity contribution in [2.75, 3.05) is 4.90 Å². The molecule has 2 aliphatic heterocycles. The molecule has 2 saturated heterocycles. The third-order valence-electron chi connectivity index (χ3n) is 5.27. The Balaban J connectivity index is 1.87. The largest absolute Gasteiger partial charge is 0.350 e. The van der Waals surface area contributed by atoms with E-state index in [1.807, 2.05) is 0 Å². The number of rotatable bonds is 2. The Morgan fingerprint density at radius 1 is 1.04 bits per heavy atom. The van der Waals surface area contributed by atoms with Crippen molar-refractivity contribution in [3.05, 3.63) is 40.5 Å². The Hall–Kier alpha value is -1.92. The molecular formula is C17H14Cl2FN5. The summed E-state index contributed by atoms with van der Waals surface area (Å²) in [5, 5.41) is 4.81. The molecule has 0 N–H and O–H groups in total. The summed E-state index contributed by atoms with van der Waals surface area (Å²) in [5.74, 6) is 0.718. The van der Waals surface area contributed by atoms with E-state index >= 15 is 0 Å². The minimum Gasteiger partial charge on any atom is -0.350 e. The van der Waals surface area contributed by atoms with E-state index in [1.54, 1.807) is 16.6 Å². The highest BCUT2D eigenvalue weighted by molar-refractivity contribution is 6.36. The van der Waals surface area contributed by atoms with Gasteiger partial charge in [0.1, 0.15) is 23.1 Å². The number of nitrogens with zero attached hydrogens (tertiary/aromatic N) is 5. The summed E-state index contributed by atoms with van der Waals surface area (Å²) in [4.78, 5) is 10.8. The van der Waals surface area contributed by atoms with Crippen LogP contribution in [-0.2, 0) is 0 Å². The summed E-state index contributed by atoms with van der Waals surface area (Å²) in [5.41, 5.74) is 0.752. The third kappa shape index (κ3) is 2.17. The molecule has 8 heteroatoms. The van der Waals surface area contributed by atoms with Gasteiger partial charge in [-0.2, -0.15) is 19.6 Å². The molecule has 0 unspecified atom stereocenters. The molecule has 25 heavy (non-hydrogen) atoms. The van der Waals surface area contributed by atoms with Crippen LogP contribution in [-0.4, -0.2) is 31.7 Å². The van der Waals surface area contributed by atoms with Gasteiger partial charge in [0, 0.05) is 17.6 Å². The lowest BCUT2D eigenvalue weighted by molar-refractivity contribution is 0.576. The summed E-state index contributed by atoms with van der Waals surface area (Å²) in [6.07, 6.45) is 5.90. The lowest BCUT2D eigenvalue weighted by Gasteiger charge is -2.27. The number of hydrogen-bond acceptors (Lipinski definition) is 4. The summed E-state index contributed by atoms with van der Waals surface area (Å²) < 4.78 is 16.3. The Kier molecular flexibility index (Phi) is 3.40. The van der Waals surface area contributed by atoms with E-state index in [0.29, 0.717) is 28.4 Å². The van der Waals surface area contributed by atoms with Crippen LogP contribution >= 0.6 is 23.2 Å². The number of benzene rings is 1. The first kappa shape index (κ1) is 15.3. The molecule has 0 radical (unpaired) electrons. The molecule has 0 spiro atoms. The van der Waals surface area contributed by atoms with Crippen molar-refractivity contribution in [3.63, 3.8) is 0 Å². The monoisotopic (exact) mass is 377 g/mol. The Bertz CT molecular complexity index is 948. The summed E-state index contributed by atoms with van der Waals surface area (Å²) in [6.45, 7) is 0. The number of aromatic nitrogens is 4. The smallest absolute Gasteiger partial charge is 0.255 e. The topological polar surface area (TPSA) is 46.3 Å². The zero-order valence-electron chi connectivity index (χ0n) is 13.2. The normalized spacial score (nSPS) is 22.3. The molecule has 1 aromatic carbocycles. The predicted octanol–water partition coefficient (Wildman–Crippen LogP) is 4.37. The number of hydrogen-bond donors (Lipinski definition) is 0. The van der Waals surface area contributed by atoms with Crippen LogP contribution in [0.25, 0.3) is 16.9 Å². The molecular weight excluding hydrogens is 364 g/mol. The number of halogens is 3. The maximum atomic E-state index is 14.7. The molecule has 0 aliphatic carbocycles. The van der Waals surface area contributed by atoms with Gasteiger partial charge in [-0.3, -0.25) is 0 Å². The van der Waals surface area contributed by atoms with E-state index in [0.717, 1.165) is 31.5 Å². The molecule has 3 aromatic rings. The highest BCUT2D eigenvalue weighted by Crippen LogP contribution is 2.47. The molecule has 2 aromatic heterocycles. The van der Waals surface area contributed by atoms with Gasteiger partial charge in [-0.15, -0.1) is 0 Å². The SMILES string of the molecule is Fc1cccc(Cl)c1-c1c(Cl)nc2ncnn2c1N1C2CCC1CC2. The first-order chi connectivity index (χ1) is 12.1. The van der Waals surface area contributed by atoms with Crippen LogP contribution in [0, 0.1) is 5.82 Å². The van der Waals surface area contributed by atoms with Gasteiger partial charge in [-0.25, -0.2) is 4.39 Å². The van der Waals surface area contributed by atoms with Crippen molar-refractivity contribution < 1.29 is 4.39 Å². The van der Waals surface area contributed by atoms with Gasteiger partial charge in [0.25, 0.3) is 5.78 Å². The minimum absolute atomic E-state index is 0.189. The maximum Gasteiger partial charge on any atom is 0.255 e. The van der Waals surface area contributed by atoms with E-state index in [1.165, 1.54) is 12.4 Å². The molecule has 2 aliphatic rings. The predicted molar refractivity (Wildman–Crippen MR) is 94.7 cm³/mol. The first-order valence-corrected chi connectivity index (χ1v) is 9.02. The standard InChI is InChI=1S/C17H14Cl2FN5/c18-11-2-1-3-12(20)13(11)14-15(19)23-17-21-8-22-25(17)16(14)24-9-4-5-10(24)7-6-9/h1-3,8-10H,4-7H2. The fourth-order valence-electron chi connectivity index (χ4n) is 4.25. The second-order valence-corrected chi connectivity index (χ2v) is 7.30. The highest BCUT2D eigenvalue weighted by atomic mass is 35.5. The second kappa shape index (κ2) is 5.54. The molecule has 5 rings (SSSR count). The van der Waals surface area contributed by atoms with Gasteiger partial charge >= 0.3 is 0 Å². The van der Waals surface area contributed by atoms with Crippen molar-refractivity contribution in [1.29, 1.82) is 0 Å². The average Bonchev–Trinajstić information content (AvgIpc) is 3.30. The Morgan fingerprint density at radius 3 is 2.44 bits per heavy atom. The van der Waals surface area contributed by atoms with Crippen LogP contribution in [0.4, 0.5) is 10.2 Å². The van der Waals surface area contributed by atoms with Gasteiger partial charge in [0.05, 0.1) is 10.6 Å². The van der Waals surface area contributed by atoms with Crippen LogP contribution in [0.2, 0.25) is 10.2 Å². The van der Waals surface area contributed by atoms with Gasteiger partial charge in [-0.1, -0.05) is 29.3 Å². The third-order valence-corrected chi connectivity index (χ3v) is 5.86. The van der Waals surface area contributed by atoms with E-state index in [9.17, 15) is 4.39 Å². The quantitative estimate of drug-likeness (QED) is 0.622. The maximum absolute atomic E-state index is 14.7. The van der Waals surface area contributed by atoms with Crippen molar-refractivity contribution >= 4 is 34.8 Å². The fourth-order valence-corrected chi connectivity index (χ4v) is 4.76. The molecule has 0 atom stereocenters. The molecule has 0 amide bonds. The summed E-state index contributed by atoms with van der Waals surface area (Å²) in [7, 11) is 0. The van der Waals surface area contributed by atoms with E-state index in [-0.39, 0.29) is 10.7 Å². The highest BCUT2D eigenvalue weighted by Gasteiger charge is 2.42. The van der Waals surface area contributed by atoms with Crippen LogP contribution < -0.4 is 4.90 Å². The van der Waals surface area contributed by atoms with E-state index in [2.05, 4.69) is 20.0 Å². The molecule has 4 heterocycles. The van der Waals surface area contributed by atoms with Gasteiger partial charge in [-0.05, 0) is 37.8 Å². The van der Waals surface area contributed by atoms with Crippen LogP contribution in [0.15, 0.2) is 24.5 Å². The van der Waals surface area contributed by atoms with Gasteiger partial charge in [0.2, 0.25) is 0 Å². The average molecular weight is 378 g/mol. The first-order valence-electron chi connectivity index (χ1n) is 8.27. The van der Waals surface area contributed by atoms with E-state index in [4.69, 9.17) is 23.2 Å². The van der Waals surface area contributed by atoms with Gasteiger partial charge in [0.15, 0.2) is 0 Å². The fraction of sp³-hybridized carbons (Fsp3) is 0.353. The lowest BCUT2D eigenvalue weighted by Crippen LogP contribution is -2.31. The van der Waals surface area contributed by atoms with Crippen molar-refractivity contribution in [2.45, 2.75) is 37.8 Å². The Morgan fingerprint density at radius 2 is 1.76 bits per heavy atom. The van der Waals surface area contributed by atoms with E-state index < -0.39 is 5.82 Å². The zero-order valence-corrected chi connectivity index (χ0v) is 14.7. The van der Waals surface area contributed by atoms with Crippen molar-refractivity contribution in [2.24, 2.45) is 0 Å². The van der Waals surface area contributed by atoms with Crippen LogP contribution in [0.5, 0.6) is 0 Å². The van der Waals surface area contributed by atoms with Crippen molar-refractivity contribution in [3.8, 4) is 11.1 Å². The van der Waals surface area contributed by atoms with Gasteiger partial charge < -0.3 is 4.90 Å². The second-order valence-electron chi connectivity index (χ2n) is 6.54. The number of fused-ring (bicyclic) bond motifs is 3. The number of anilines is 1. The van der Waals surface area contributed by atoms with Crippen molar-refractivity contribution in [1.82, 2.24) is 19.6 Å². The summed E-state index contributed by atoms with van der Waals surface area (Å²) in [6, 6.07) is 5.42. The Labute approximate surface area is 153 Å². The molecule has 0 saturated carbocycles. The lowest BCUT2D eigenvalue weighted by atomic mass is 10.0. The van der Waals surface area contributed by atoms with Crippen LogP contribution in [0.3, 0.4) is 0 Å².